The number of hydrogen-bond acceptors (Lipinski definition) is 8. The van der Waals surface area contributed by atoms with E-state index in [9.17, 15) is 4.79 Å². The Morgan fingerprint density at radius 1 is 0.909 bits per heavy atom. The van der Waals surface area contributed by atoms with Gasteiger partial charge in [-0.05, 0) is 57.9 Å². The number of rotatable bonds is 8. The third-order valence-corrected chi connectivity index (χ3v) is 6.06. The Morgan fingerprint density at radius 3 is 2.09 bits per heavy atom. The number of methoxy groups -OCH3 is 3. The molecule has 2 aromatic carbocycles. The first kappa shape index (κ1) is 22.8. The molecule has 9 heteroatoms. The van der Waals surface area contributed by atoms with E-state index in [4.69, 9.17) is 23.0 Å². The molecule has 4 rings (SSSR count). The number of carbonyl (C=O) groups excluding carboxylic acids is 1. The second-order valence-corrected chi connectivity index (χ2v) is 7.91. The van der Waals surface area contributed by atoms with Crippen molar-refractivity contribution in [1.29, 1.82) is 0 Å². The number of carbonyl (C=O) groups is 1. The van der Waals surface area contributed by atoms with Gasteiger partial charge >= 0.3 is 0 Å². The molecule has 0 bridgehead atoms. The van der Waals surface area contributed by atoms with Crippen molar-refractivity contribution in [1.82, 2.24) is 10.2 Å². The molecule has 0 amide bonds. The number of nitrogens with zero attached hydrogens (tertiary/aromatic N) is 2. The third-order valence-electron chi connectivity index (χ3n) is 5.28. The lowest BCUT2D eigenvalue weighted by atomic mass is 9.91. The molecular formula is C24H21BrN2O6. The van der Waals surface area contributed by atoms with Crippen LogP contribution in [0, 0.1) is 6.92 Å². The molecule has 0 aliphatic heterocycles. The van der Waals surface area contributed by atoms with E-state index in [1.54, 1.807) is 57.5 Å². The lowest BCUT2D eigenvalue weighted by molar-refractivity contribution is -0.125. The van der Waals surface area contributed by atoms with Crippen LogP contribution in [0.25, 0.3) is 22.8 Å². The Bertz CT molecular complexity index is 1260. The van der Waals surface area contributed by atoms with Gasteiger partial charge in [0, 0.05) is 25.2 Å². The molecule has 0 saturated carbocycles. The summed E-state index contributed by atoms with van der Waals surface area (Å²) in [5, 5.41) is 7.86. The third kappa shape index (κ3) is 4.05. The van der Waals surface area contributed by atoms with Crippen LogP contribution in [-0.4, -0.2) is 37.8 Å². The average molecular weight is 513 g/mol. The summed E-state index contributed by atoms with van der Waals surface area (Å²) in [6.07, 6.45) is 0.713. The van der Waals surface area contributed by atoms with Gasteiger partial charge in [0.05, 0.1) is 14.2 Å². The number of aromatic nitrogens is 2. The number of hydrogen-bond donors (Lipinski definition) is 0. The number of benzene rings is 2. The standard InChI is InChI=1S/C24H21BrN2O6/c1-14-26-27-23(32-14)15-5-7-17(8-6-15)24(13-28,31-4)21-10-9-18(33-21)16-11-19(29-2)22(25)20(12-16)30-3/h5-13H,1-4H3. The fourth-order valence-corrected chi connectivity index (χ4v) is 4.07. The summed E-state index contributed by atoms with van der Waals surface area (Å²) in [5.74, 6) is 2.89. The predicted octanol–water partition coefficient (Wildman–Crippen LogP) is 5.17. The van der Waals surface area contributed by atoms with Crippen LogP contribution in [0.15, 0.2) is 61.8 Å². The van der Waals surface area contributed by atoms with Gasteiger partial charge in [-0.15, -0.1) is 10.2 Å². The van der Waals surface area contributed by atoms with Crippen LogP contribution < -0.4 is 9.47 Å². The van der Waals surface area contributed by atoms with Crippen LogP contribution in [0.5, 0.6) is 11.5 Å². The van der Waals surface area contributed by atoms with Crippen molar-refractivity contribution in [2.75, 3.05) is 21.3 Å². The zero-order chi connectivity index (χ0) is 23.6. The van der Waals surface area contributed by atoms with E-state index in [0.29, 0.717) is 51.1 Å². The smallest absolute Gasteiger partial charge is 0.247 e. The second-order valence-electron chi connectivity index (χ2n) is 7.12. The highest BCUT2D eigenvalue weighted by atomic mass is 79.9. The highest BCUT2D eigenvalue weighted by Gasteiger charge is 2.38. The van der Waals surface area contributed by atoms with Gasteiger partial charge in [0.25, 0.3) is 0 Å². The number of aldehydes is 1. The monoisotopic (exact) mass is 512 g/mol. The van der Waals surface area contributed by atoms with Gasteiger partial charge in [-0.1, -0.05) is 12.1 Å². The van der Waals surface area contributed by atoms with E-state index in [1.165, 1.54) is 7.11 Å². The Hall–Kier alpha value is -3.43. The highest BCUT2D eigenvalue weighted by molar-refractivity contribution is 9.10. The fraction of sp³-hybridized carbons (Fsp3) is 0.208. The molecule has 0 radical (unpaired) electrons. The zero-order valence-corrected chi connectivity index (χ0v) is 20.0. The number of aryl methyl sites for hydroxylation is 1. The number of ether oxygens (including phenoxy) is 3. The lowest BCUT2D eigenvalue weighted by Crippen LogP contribution is -2.31. The largest absolute Gasteiger partial charge is 0.495 e. The first-order valence-electron chi connectivity index (χ1n) is 9.90. The summed E-state index contributed by atoms with van der Waals surface area (Å²) in [4.78, 5) is 12.3. The minimum absolute atomic E-state index is 0.331. The maximum atomic E-state index is 12.3. The molecule has 2 heterocycles. The molecule has 0 saturated heterocycles. The van der Waals surface area contributed by atoms with Gasteiger partial charge in [0.1, 0.15) is 27.5 Å². The Balaban J connectivity index is 1.73. The van der Waals surface area contributed by atoms with Gasteiger partial charge < -0.3 is 23.0 Å². The minimum Gasteiger partial charge on any atom is -0.495 e. The van der Waals surface area contributed by atoms with Crippen molar-refractivity contribution in [2.24, 2.45) is 0 Å². The molecule has 33 heavy (non-hydrogen) atoms. The van der Waals surface area contributed by atoms with E-state index in [-0.39, 0.29) is 0 Å². The molecule has 8 nitrogen and oxygen atoms in total. The Morgan fingerprint density at radius 2 is 1.58 bits per heavy atom. The van der Waals surface area contributed by atoms with E-state index in [1.807, 2.05) is 12.1 Å². The summed E-state index contributed by atoms with van der Waals surface area (Å²) in [6, 6.07) is 14.2. The van der Waals surface area contributed by atoms with Crippen molar-refractivity contribution in [3.05, 3.63) is 70.2 Å². The van der Waals surface area contributed by atoms with Crippen molar-refractivity contribution in [3.8, 4) is 34.3 Å². The first-order chi connectivity index (χ1) is 15.9. The van der Waals surface area contributed by atoms with Crippen molar-refractivity contribution >= 4 is 22.2 Å². The summed E-state index contributed by atoms with van der Waals surface area (Å²) < 4.78 is 28.8. The molecule has 1 unspecified atom stereocenters. The Kier molecular flexibility index (Phi) is 6.35. The topological polar surface area (TPSA) is 96.8 Å². The van der Waals surface area contributed by atoms with E-state index in [0.717, 1.165) is 11.1 Å². The fourth-order valence-electron chi connectivity index (χ4n) is 3.51. The Labute approximate surface area is 198 Å². The second kappa shape index (κ2) is 9.21. The maximum Gasteiger partial charge on any atom is 0.247 e. The molecule has 4 aromatic rings. The summed E-state index contributed by atoms with van der Waals surface area (Å²) in [6.45, 7) is 1.72. The maximum absolute atomic E-state index is 12.3. The van der Waals surface area contributed by atoms with Gasteiger partial charge in [0.2, 0.25) is 17.4 Å². The van der Waals surface area contributed by atoms with Crippen molar-refractivity contribution in [3.63, 3.8) is 0 Å². The van der Waals surface area contributed by atoms with E-state index >= 15 is 0 Å². The van der Waals surface area contributed by atoms with Crippen LogP contribution in [0.1, 0.15) is 17.2 Å². The van der Waals surface area contributed by atoms with Crippen LogP contribution >= 0.6 is 15.9 Å². The van der Waals surface area contributed by atoms with Crippen LogP contribution in [0.2, 0.25) is 0 Å². The normalized spacial score (nSPS) is 12.9. The predicted molar refractivity (Wildman–Crippen MR) is 123 cm³/mol. The average Bonchev–Trinajstić information content (AvgIpc) is 3.51. The number of furan rings is 1. The van der Waals surface area contributed by atoms with E-state index < -0.39 is 5.60 Å². The van der Waals surface area contributed by atoms with Gasteiger partial charge in [0.15, 0.2) is 6.29 Å². The molecule has 0 spiro atoms. The summed E-state index contributed by atoms with van der Waals surface area (Å²) in [5.41, 5.74) is 0.595. The first-order valence-corrected chi connectivity index (χ1v) is 10.7. The SMILES string of the molecule is COc1cc(-c2ccc(C(C=O)(OC)c3ccc(-c4nnc(C)o4)cc3)o2)cc(OC)c1Br. The van der Waals surface area contributed by atoms with Crippen molar-refractivity contribution in [2.45, 2.75) is 12.5 Å². The highest BCUT2D eigenvalue weighted by Crippen LogP contribution is 2.41. The molecule has 0 N–H and O–H groups in total. The van der Waals surface area contributed by atoms with Crippen molar-refractivity contribution < 1.29 is 27.8 Å². The summed E-state index contributed by atoms with van der Waals surface area (Å²) >= 11 is 3.46. The van der Waals surface area contributed by atoms with Crippen LogP contribution in [0.3, 0.4) is 0 Å². The molecule has 170 valence electrons. The van der Waals surface area contributed by atoms with Gasteiger partial charge in [-0.3, -0.25) is 4.79 Å². The molecule has 2 aromatic heterocycles. The van der Waals surface area contributed by atoms with E-state index in [2.05, 4.69) is 26.1 Å². The summed E-state index contributed by atoms with van der Waals surface area (Å²) in [7, 11) is 4.59. The van der Waals surface area contributed by atoms with Gasteiger partial charge in [-0.2, -0.15) is 0 Å². The quantitative estimate of drug-likeness (QED) is 0.298. The molecule has 0 aliphatic carbocycles. The molecule has 1 atom stereocenters. The van der Waals surface area contributed by atoms with Crippen LogP contribution in [0.4, 0.5) is 0 Å². The van der Waals surface area contributed by atoms with Gasteiger partial charge in [-0.25, -0.2) is 0 Å². The number of halogens is 1. The molecule has 0 aliphatic rings. The lowest BCUT2D eigenvalue weighted by Gasteiger charge is -2.25. The molecule has 0 fully saturated rings. The molecular weight excluding hydrogens is 492 g/mol. The zero-order valence-electron chi connectivity index (χ0n) is 18.4. The minimum atomic E-state index is -1.44. The van der Waals surface area contributed by atoms with Crippen LogP contribution in [-0.2, 0) is 15.1 Å².